The summed E-state index contributed by atoms with van der Waals surface area (Å²) in [6.07, 6.45) is 62.0. The van der Waals surface area contributed by atoms with Crippen LogP contribution >= 0.6 is 0 Å². The molecule has 0 aromatic rings. The Bertz CT molecular complexity index is 1060. The van der Waals surface area contributed by atoms with Crippen LogP contribution in [0.4, 0.5) is 0 Å². The molecule has 0 spiro atoms. The Kier molecular flexibility index (Phi) is 50.5. The fourth-order valence-electron chi connectivity index (χ4n) is 8.73. The topological polar surface area (TPSA) is 95.9 Å². The Hall–Kier alpha value is -1.92. The summed E-state index contributed by atoms with van der Waals surface area (Å²) in [6.45, 7) is 6.49. The number of unbranched alkanes of at least 4 members (excludes halogenated alkanes) is 35. The lowest BCUT2D eigenvalue weighted by Crippen LogP contribution is -2.46. The summed E-state index contributed by atoms with van der Waals surface area (Å²) >= 11 is 0. The Morgan fingerprint density at radius 2 is 0.797 bits per heavy atom. The third-order valence-electron chi connectivity index (χ3n) is 13.0. The van der Waals surface area contributed by atoms with Gasteiger partial charge in [-0.3, -0.25) is 9.59 Å². The maximum atomic E-state index is 13.2. The van der Waals surface area contributed by atoms with Crippen molar-refractivity contribution >= 4 is 11.9 Å². The van der Waals surface area contributed by atoms with Crippen molar-refractivity contribution in [1.29, 1.82) is 0 Å². The van der Waals surface area contributed by atoms with Crippen LogP contribution in [0, 0.1) is 0 Å². The molecule has 1 amide bonds. The van der Waals surface area contributed by atoms with E-state index in [9.17, 15) is 19.8 Å². The van der Waals surface area contributed by atoms with Crippen molar-refractivity contribution in [2.45, 2.75) is 315 Å². The normalized spacial score (nSPS) is 13.4. The van der Waals surface area contributed by atoms with Crippen LogP contribution in [0.2, 0.25) is 0 Å². The molecule has 0 aliphatic rings. The van der Waals surface area contributed by atoms with Gasteiger partial charge in [0.05, 0.1) is 25.2 Å². The second-order valence-corrected chi connectivity index (χ2v) is 19.4. The summed E-state index contributed by atoms with van der Waals surface area (Å²) in [5.74, 6) is -0.481. The molecule has 6 nitrogen and oxygen atoms in total. The van der Waals surface area contributed by atoms with E-state index in [1.54, 1.807) is 0 Å². The van der Waals surface area contributed by atoms with Gasteiger partial charge >= 0.3 is 5.97 Å². The third kappa shape index (κ3) is 46.6. The number of aliphatic hydroxyl groups excluding tert-OH is 2. The average Bonchev–Trinajstić information content (AvgIpc) is 3.29. The number of hydrogen-bond acceptors (Lipinski definition) is 5. The van der Waals surface area contributed by atoms with Crippen molar-refractivity contribution in [1.82, 2.24) is 5.32 Å². The van der Waals surface area contributed by atoms with Crippen LogP contribution in [0.15, 0.2) is 36.5 Å². The highest BCUT2D eigenvalue weighted by Crippen LogP contribution is 2.19. The van der Waals surface area contributed by atoms with Crippen molar-refractivity contribution in [2.75, 3.05) is 6.61 Å². The number of allylic oxidation sites excluding steroid dienone is 6. The first-order valence-electron chi connectivity index (χ1n) is 28.2. The maximum Gasteiger partial charge on any atom is 0.306 e. The predicted octanol–water partition coefficient (Wildman–Crippen LogP) is 17.2. The second kappa shape index (κ2) is 52.1. The van der Waals surface area contributed by atoms with Crippen molar-refractivity contribution in [2.24, 2.45) is 0 Å². The molecule has 0 aromatic heterocycles. The van der Waals surface area contributed by atoms with Crippen LogP contribution in [-0.4, -0.2) is 46.9 Å². The van der Waals surface area contributed by atoms with E-state index in [0.717, 1.165) is 64.2 Å². The number of rotatable bonds is 51. The molecule has 6 heteroatoms. The SMILES string of the molecule is CCCCCCC/C=C/C=C/C=C/CCCCCCCC(=O)OC(CCCCCCCCCCCCCCC)CC(=O)NC(CO)C(O)CCCCCCCCCCCCCCCC. The standard InChI is InChI=1S/C58H109NO5/c1-4-7-10-13-16-19-22-25-27-28-29-30-33-36-39-42-45-48-51-58(63)64-54(49-46-43-40-37-34-31-24-21-18-15-12-9-6-3)52-57(62)59-55(53-60)56(61)50-47-44-41-38-35-32-26-23-20-17-14-11-8-5-2/h22,25,27-30,54-56,60-61H,4-21,23-24,26,31-53H2,1-3H3,(H,59,62)/b25-22+,28-27+,30-29+. The van der Waals surface area contributed by atoms with Gasteiger partial charge in [0.1, 0.15) is 6.10 Å². The lowest BCUT2D eigenvalue weighted by Gasteiger charge is -2.24. The van der Waals surface area contributed by atoms with Gasteiger partial charge in [-0.25, -0.2) is 0 Å². The van der Waals surface area contributed by atoms with Gasteiger partial charge in [-0.1, -0.05) is 269 Å². The molecule has 0 fully saturated rings. The first kappa shape index (κ1) is 62.1. The van der Waals surface area contributed by atoms with Crippen molar-refractivity contribution in [3.05, 3.63) is 36.5 Å². The quantitative estimate of drug-likeness (QED) is 0.0321. The molecule has 0 saturated carbocycles. The Morgan fingerprint density at radius 3 is 1.19 bits per heavy atom. The molecule has 3 N–H and O–H groups in total. The summed E-state index contributed by atoms with van der Waals surface area (Å²) in [5.41, 5.74) is 0. The van der Waals surface area contributed by atoms with Crippen LogP contribution in [0.25, 0.3) is 0 Å². The fraction of sp³-hybridized carbons (Fsp3) is 0.862. The summed E-state index contributed by atoms with van der Waals surface area (Å²) in [4.78, 5) is 26.2. The number of carbonyl (C=O) groups is 2. The average molecular weight is 901 g/mol. The van der Waals surface area contributed by atoms with E-state index < -0.39 is 18.2 Å². The fourth-order valence-corrected chi connectivity index (χ4v) is 8.73. The summed E-state index contributed by atoms with van der Waals surface area (Å²) < 4.78 is 5.95. The highest BCUT2D eigenvalue weighted by atomic mass is 16.5. The molecule has 0 aromatic carbocycles. The molecule has 3 unspecified atom stereocenters. The molecule has 0 aliphatic heterocycles. The minimum Gasteiger partial charge on any atom is -0.462 e. The zero-order valence-corrected chi connectivity index (χ0v) is 42.9. The van der Waals surface area contributed by atoms with Gasteiger partial charge in [0.25, 0.3) is 0 Å². The molecule has 0 rings (SSSR count). The minimum absolute atomic E-state index is 0.0736. The molecular weight excluding hydrogens is 791 g/mol. The van der Waals surface area contributed by atoms with Gasteiger partial charge in [0.2, 0.25) is 5.91 Å². The van der Waals surface area contributed by atoms with Crippen LogP contribution in [0.3, 0.4) is 0 Å². The zero-order valence-electron chi connectivity index (χ0n) is 42.9. The first-order chi connectivity index (χ1) is 31.5. The van der Waals surface area contributed by atoms with Gasteiger partial charge < -0.3 is 20.3 Å². The van der Waals surface area contributed by atoms with Crippen LogP contribution in [0.5, 0.6) is 0 Å². The van der Waals surface area contributed by atoms with E-state index in [1.165, 1.54) is 186 Å². The van der Waals surface area contributed by atoms with Crippen molar-refractivity contribution in [3.63, 3.8) is 0 Å². The number of ether oxygens (including phenoxy) is 1. The van der Waals surface area contributed by atoms with Crippen LogP contribution < -0.4 is 5.32 Å². The largest absolute Gasteiger partial charge is 0.462 e. The van der Waals surface area contributed by atoms with E-state index in [-0.39, 0.29) is 24.9 Å². The molecule has 0 saturated heterocycles. The van der Waals surface area contributed by atoms with Gasteiger partial charge in [-0.05, 0) is 51.4 Å². The van der Waals surface area contributed by atoms with Crippen molar-refractivity contribution < 1.29 is 24.5 Å². The number of amides is 1. The van der Waals surface area contributed by atoms with Gasteiger partial charge in [-0.15, -0.1) is 0 Å². The lowest BCUT2D eigenvalue weighted by atomic mass is 10.0. The highest BCUT2D eigenvalue weighted by Gasteiger charge is 2.24. The van der Waals surface area contributed by atoms with E-state index >= 15 is 0 Å². The van der Waals surface area contributed by atoms with E-state index in [4.69, 9.17) is 4.74 Å². The molecule has 3 atom stereocenters. The molecule has 0 heterocycles. The number of carbonyl (C=O) groups excluding carboxylic acids is 2. The van der Waals surface area contributed by atoms with Crippen molar-refractivity contribution in [3.8, 4) is 0 Å². The number of aliphatic hydroxyl groups is 2. The van der Waals surface area contributed by atoms with E-state index in [0.29, 0.717) is 19.3 Å². The molecule has 0 aliphatic carbocycles. The monoisotopic (exact) mass is 900 g/mol. The van der Waals surface area contributed by atoms with Crippen LogP contribution in [0.1, 0.15) is 297 Å². The Balaban J connectivity index is 4.55. The summed E-state index contributed by atoms with van der Waals surface area (Å²) in [7, 11) is 0. The van der Waals surface area contributed by atoms with Gasteiger partial charge in [0.15, 0.2) is 0 Å². The number of nitrogens with one attached hydrogen (secondary N) is 1. The second-order valence-electron chi connectivity index (χ2n) is 19.4. The highest BCUT2D eigenvalue weighted by molar-refractivity contribution is 5.77. The number of hydrogen-bond donors (Lipinski definition) is 3. The van der Waals surface area contributed by atoms with Gasteiger partial charge in [-0.2, -0.15) is 0 Å². The Morgan fingerprint density at radius 1 is 0.453 bits per heavy atom. The molecule has 0 bridgehead atoms. The smallest absolute Gasteiger partial charge is 0.306 e. The van der Waals surface area contributed by atoms with Crippen LogP contribution in [-0.2, 0) is 14.3 Å². The predicted molar refractivity (Wildman–Crippen MR) is 278 cm³/mol. The number of esters is 1. The third-order valence-corrected chi connectivity index (χ3v) is 13.0. The van der Waals surface area contributed by atoms with Gasteiger partial charge in [0, 0.05) is 6.42 Å². The summed E-state index contributed by atoms with van der Waals surface area (Å²) in [5, 5.41) is 23.8. The Labute approximate surface area is 398 Å². The molecule has 376 valence electrons. The summed E-state index contributed by atoms with van der Waals surface area (Å²) in [6, 6.07) is -0.703. The molecule has 64 heavy (non-hydrogen) atoms. The zero-order chi connectivity index (χ0) is 46.7. The molecular formula is C58H109NO5. The van der Waals surface area contributed by atoms with E-state index in [2.05, 4.69) is 62.5 Å². The maximum absolute atomic E-state index is 13.2. The molecule has 0 radical (unpaired) electrons. The lowest BCUT2D eigenvalue weighted by molar-refractivity contribution is -0.151. The van der Waals surface area contributed by atoms with E-state index in [1.807, 2.05) is 0 Å². The minimum atomic E-state index is -0.789. The first-order valence-corrected chi connectivity index (χ1v) is 28.2.